The van der Waals surface area contributed by atoms with Gasteiger partial charge in [-0.05, 0) is 5.56 Å². The van der Waals surface area contributed by atoms with Crippen molar-refractivity contribution in [1.29, 1.82) is 0 Å². The molecular formula is C22H18F5N3O2. The molecule has 2 aromatic carbocycles. The van der Waals surface area contributed by atoms with Crippen LogP contribution in [0.4, 0.5) is 22.0 Å². The van der Waals surface area contributed by atoms with E-state index >= 15 is 0 Å². The molecule has 0 bridgehead atoms. The standard InChI is InChI=1S/C22H18F5N3O2/c23-16-17(24)19(26)21(20(27)18(16)25)32-22(14-4-2-1-3-5-14)6-9-30(10-7-22)15(31)12-29-11-8-28-13-29/h1-5,8,11,13H,6-7,9-10,12H2. The highest BCUT2D eigenvalue weighted by Gasteiger charge is 2.42. The topological polar surface area (TPSA) is 47.4 Å². The van der Waals surface area contributed by atoms with Crippen molar-refractivity contribution < 1.29 is 31.5 Å². The molecule has 5 nitrogen and oxygen atoms in total. The Balaban J connectivity index is 1.63. The molecule has 1 aliphatic heterocycles. The SMILES string of the molecule is O=C(Cn1ccnc1)N1CCC(Oc2c(F)c(F)c(F)c(F)c2F)(c2ccccc2)CC1. The fourth-order valence-corrected chi connectivity index (χ4v) is 3.82. The average Bonchev–Trinajstić information content (AvgIpc) is 3.33. The molecule has 3 aromatic rings. The Bertz CT molecular complexity index is 1090. The van der Waals surface area contributed by atoms with E-state index in [0.717, 1.165) is 0 Å². The number of imidazole rings is 1. The highest BCUT2D eigenvalue weighted by Crippen LogP contribution is 2.41. The summed E-state index contributed by atoms with van der Waals surface area (Å²) in [7, 11) is 0. The van der Waals surface area contributed by atoms with E-state index in [1.165, 1.54) is 6.33 Å². The molecule has 2 heterocycles. The van der Waals surface area contributed by atoms with E-state index in [1.807, 2.05) is 0 Å². The van der Waals surface area contributed by atoms with Crippen molar-refractivity contribution in [1.82, 2.24) is 14.5 Å². The van der Waals surface area contributed by atoms with E-state index in [4.69, 9.17) is 4.74 Å². The van der Waals surface area contributed by atoms with Crippen molar-refractivity contribution in [2.75, 3.05) is 13.1 Å². The van der Waals surface area contributed by atoms with Gasteiger partial charge >= 0.3 is 0 Å². The number of ether oxygens (including phenoxy) is 1. The number of hydrogen-bond acceptors (Lipinski definition) is 3. The van der Waals surface area contributed by atoms with E-state index < -0.39 is 40.4 Å². The molecule has 32 heavy (non-hydrogen) atoms. The third-order valence-corrected chi connectivity index (χ3v) is 5.57. The second kappa shape index (κ2) is 8.60. The Kier molecular flexibility index (Phi) is 5.86. The molecule has 0 unspecified atom stereocenters. The van der Waals surface area contributed by atoms with E-state index in [0.29, 0.717) is 5.56 Å². The van der Waals surface area contributed by atoms with E-state index in [2.05, 4.69) is 4.98 Å². The second-order valence-electron chi connectivity index (χ2n) is 7.48. The normalized spacial score (nSPS) is 15.6. The maximum Gasteiger partial charge on any atom is 0.242 e. The van der Waals surface area contributed by atoms with Gasteiger partial charge in [0.1, 0.15) is 12.1 Å². The molecule has 0 atom stereocenters. The van der Waals surface area contributed by atoms with Crippen molar-refractivity contribution in [2.24, 2.45) is 0 Å². The van der Waals surface area contributed by atoms with Crippen LogP contribution >= 0.6 is 0 Å². The highest BCUT2D eigenvalue weighted by molar-refractivity contribution is 5.76. The Labute approximate surface area is 180 Å². The predicted octanol–water partition coefficient (Wildman–Crippen LogP) is 4.18. The van der Waals surface area contributed by atoms with Crippen molar-refractivity contribution in [3.05, 3.63) is 83.7 Å². The summed E-state index contributed by atoms with van der Waals surface area (Å²) in [5.74, 6) is -12.0. The number of likely N-dealkylation sites (tertiary alicyclic amines) is 1. The fourth-order valence-electron chi connectivity index (χ4n) is 3.82. The van der Waals surface area contributed by atoms with Gasteiger partial charge in [0.25, 0.3) is 0 Å². The van der Waals surface area contributed by atoms with Gasteiger partial charge in [0.05, 0.1) is 6.33 Å². The Hall–Kier alpha value is -3.43. The lowest BCUT2D eigenvalue weighted by molar-refractivity contribution is -0.135. The van der Waals surface area contributed by atoms with Gasteiger partial charge in [-0.3, -0.25) is 4.79 Å². The van der Waals surface area contributed by atoms with Crippen molar-refractivity contribution >= 4 is 5.91 Å². The van der Waals surface area contributed by atoms with Gasteiger partial charge in [0.15, 0.2) is 5.75 Å². The number of carbonyl (C=O) groups is 1. The number of piperidine rings is 1. The first kappa shape index (κ1) is 21.8. The van der Waals surface area contributed by atoms with Gasteiger partial charge in [-0.2, -0.15) is 8.78 Å². The smallest absolute Gasteiger partial charge is 0.242 e. The van der Waals surface area contributed by atoms with Gasteiger partial charge in [0.2, 0.25) is 35.0 Å². The van der Waals surface area contributed by atoms with Gasteiger partial charge in [-0.1, -0.05) is 30.3 Å². The van der Waals surface area contributed by atoms with E-state index in [-0.39, 0.29) is 38.4 Å². The second-order valence-corrected chi connectivity index (χ2v) is 7.48. The number of aromatic nitrogens is 2. The maximum absolute atomic E-state index is 14.3. The lowest BCUT2D eigenvalue weighted by Crippen LogP contribution is -2.49. The summed E-state index contributed by atoms with van der Waals surface area (Å²) in [6.07, 6.45) is 4.87. The Morgan fingerprint density at radius 2 is 1.53 bits per heavy atom. The van der Waals surface area contributed by atoms with Gasteiger partial charge < -0.3 is 14.2 Å². The molecular weight excluding hydrogens is 433 g/mol. The van der Waals surface area contributed by atoms with Crippen LogP contribution in [0.3, 0.4) is 0 Å². The predicted molar refractivity (Wildman–Crippen MR) is 103 cm³/mol. The summed E-state index contributed by atoms with van der Waals surface area (Å²) in [5, 5.41) is 0. The summed E-state index contributed by atoms with van der Waals surface area (Å²) >= 11 is 0. The fraction of sp³-hybridized carbons (Fsp3) is 0.273. The quantitative estimate of drug-likeness (QED) is 0.332. The monoisotopic (exact) mass is 451 g/mol. The van der Waals surface area contributed by atoms with Crippen molar-refractivity contribution in [2.45, 2.75) is 25.0 Å². The van der Waals surface area contributed by atoms with Gasteiger partial charge in [-0.25, -0.2) is 18.2 Å². The zero-order valence-corrected chi connectivity index (χ0v) is 16.7. The number of hydrogen-bond donors (Lipinski definition) is 0. The van der Waals surface area contributed by atoms with Crippen LogP contribution in [0.25, 0.3) is 0 Å². The number of nitrogens with zero attached hydrogens (tertiary/aromatic N) is 3. The van der Waals surface area contributed by atoms with Crippen LogP contribution < -0.4 is 4.74 Å². The minimum Gasteiger partial charge on any atom is -0.476 e. The molecule has 1 amide bonds. The number of carbonyl (C=O) groups excluding carboxylic acids is 1. The van der Waals surface area contributed by atoms with Crippen LogP contribution in [-0.2, 0) is 16.9 Å². The van der Waals surface area contributed by atoms with Crippen LogP contribution in [0.2, 0.25) is 0 Å². The van der Waals surface area contributed by atoms with Crippen molar-refractivity contribution in [3.63, 3.8) is 0 Å². The van der Waals surface area contributed by atoms with Crippen molar-refractivity contribution in [3.8, 4) is 5.75 Å². The number of benzene rings is 2. The molecule has 0 spiro atoms. The van der Waals surface area contributed by atoms with Crippen LogP contribution in [-0.4, -0.2) is 33.4 Å². The Morgan fingerprint density at radius 3 is 2.09 bits per heavy atom. The minimum atomic E-state index is -2.25. The number of halogens is 5. The molecule has 168 valence electrons. The number of amides is 1. The molecule has 0 radical (unpaired) electrons. The van der Waals surface area contributed by atoms with Crippen LogP contribution in [0.1, 0.15) is 18.4 Å². The molecule has 1 fully saturated rings. The summed E-state index contributed by atoms with van der Waals surface area (Å²) < 4.78 is 76.8. The maximum atomic E-state index is 14.3. The van der Waals surface area contributed by atoms with Crippen LogP contribution in [0, 0.1) is 29.1 Å². The molecule has 0 N–H and O–H groups in total. The summed E-state index contributed by atoms with van der Waals surface area (Å²) in [6.45, 7) is 0.395. The zero-order valence-electron chi connectivity index (χ0n) is 16.7. The first-order valence-electron chi connectivity index (χ1n) is 9.82. The molecule has 4 rings (SSSR count). The van der Waals surface area contributed by atoms with Crippen LogP contribution in [0.15, 0.2) is 49.1 Å². The first-order chi connectivity index (χ1) is 15.3. The summed E-state index contributed by atoms with van der Waals surface area (Å²) in [6, 6.07) is 8.37. The Morgan fingerprint density at radius 1 is 0.938 bits per heavy atom. The molecule has 10 heteroatoms. The zero-order chi connectivity index (χ0) is 22.9. The van der Waals surface area contributed by atoms with Gasteiger partial charge in [0, 0.05) is 38.3 Å². The summed E-state index contributed by atoms with van der Waals surface area (Å²) in [5.41, 5.74) is -0.878. The molecule has 1 saturated heterocycles. The molecule has 0 aliphatic carbocycles. The van der Waals surface area contributed by atoms with Gasteiger partial charge in [-0.15, -0.1) is 0 Å². The first-order valence-corrected chi connectivity index (χ1v) is 9.82. The molecule has 0 saturated carbocycles. The molecule has 1 aromatic heterocycles. The van der Waals surface area contributed by atoms with E-state index in [9.17, 15) is 26.7 Å². The highest BCUT2D eigenvalue weighted by atomic mass is 19.2. The van der Waals surface area contributed by atoms with Crippen LogP contribution in [0.5, 0.6) is 5.75 Å². The third kappa shape index (κ3) is 3.92. The lowest BCUT2D eigenvalue weighted by Gasteiger charge is -2.42. The average molecular weight is 451 g/mol. The minimum absolute atomic E-state index is 0.0663. The molecule has 1 aliphatic rings. The largest absolute Gasteiger partial charge is 0.476 e. The van der Waals surface area contributed by atoms with E-state index in [1.54, 1.807) is 52.2 Å². The third-order valence-electron chi connectivity index (χ3n) is 5.57. The number of rotatable bonds is 5. The lowest BCUT2D eigenvalue weighted by atomic mass is 9.84. The summed E-state index contributed by atoms with van der Waals surface area (Å²) in [4.78, 5) is 18.0.